The van der Waals surface area contributed by atoms with Crippen molar-refractivity contribution in [1.29, 1.82) is 0 Å². The first-order chi connectivity index (χ1) is 10.6. The van der Waals surface area contributed by atoms with Gasteiger partial charge in [0.25, 0.3) is 0 Å². The van der Waals surface area contributed by atoms with E-state index in [0.29, 0.717) is 31.0 Å². The van der Waals surface area contributed by atoms with Crippen molar-refractivity contribution < 1.29 is 9.59 Å². The van der Waals surface area contributed by atoms with Crippen molar-refractivity contribution in [3.8, 4) is 0 Å². The predicted octanol–water partition coefficient (Wildman–Crippen LogP) is 1.34. The summed E-state index contributed by atoms with van der Waals surface area (Å²) in [6.07, 6.45) is 1.07. The predicted molar refractivity (Wildman–Crippen MR) is 84.5 cm³/mol. The molecule has 2 aliphatic heterocycles. The maximum absolute atomic E-state index is 12.8. The number of amides is 2. The van der Waals surface area contributed by atoms with E-state index in [0.717, 1.165) is 18.7 Å². The topological polar surface area (TPSA) is 61.4 Å². The average Bonchev–Trinajstić information content (AvgIpc) is 2.55. The Morgan fingerprint density at radius 2 is 2.18 bits per heavy atom. The first-order valence-corrected chi connectivity index (χ1v) is 8.06. The van der Waals surface area contributed by atoms with E-state index in [-0.39, 0.29) is 23.8 Å². The lowest BCUT2D eigenvalue weighted by atomic mass is 9.95. The van der Waals surface area contributed by atoms with Gasteiger partial charge in [-0.25, -0.2) is 0 Å². The highest BCUT2D eigenvalue weighted by molar-refractivity contribution is 6.30. The second-order valence-corrected chi connectivity index (χ2v) is 6.28. The molecule has 1 aromatic rings. The van der Waals surface area contributed by atoms with E-state index in [4.69, 9.17) is 11.6 Å². The van der Waals surface area contributed by atoms with E-state index in [9.17, 15) is 9.59 Å². The van der Waals surface area contributed by atoms with E-state index in [2.05, 4.69) is 10.6 Å². The van der Waals surface area contributed by atoms with E-state index in [1.54, 1.807) is 0 Å². The molecule has 1 aromatic carbocycles. The van der Waals surface area contributed by atoms with Crippen LogP contribution in [0.4, 0.5) is 0 Å². The fraction of sp³-hybridized carbons (Fsp3) is 0.500. The van der Waals surface area contributed by atoms with Crippen molar-refractivity contribution in [1.82, 2.24) is 15.5 Å². The molecule has 5 nitrogen and oxygen atoms in total. The highest BCUT2D eigenvalue weighted by atomic mass is 35.5. The summed E-state index contributed by atoms with van der Waals surface area (Å²) >= 11 is 6.08. The molecule has 0 spiro atoms. The molecule has 2 fully saturated rings. The molecular formula is C16H20ClN3O2. The molecule has 2 atom stereocenters. The number of halogens is 1. The van der Waals surface area contributed by atoms with Gasteiger partial charge in [-0.3, -0.25) is 9.59 Å². The number of hydrogen-bond acceptors (Lipinski definition) is 3. The van der Waals surface area contributed by atoms with Crippen LogP contribution in [0.1, 0.15) is 24.4 Å². The molecule has 6 heteroatoms. The molecule has 0 saturated carbocycles. The van der Waals surface area contributed by atoms with Crippen LogP contribution in [-0.2, 0) is 9.59 Å². The van der Waals surface area contributed by atoms with Gasteiger partial charge in [0.05, 0.1) is 12.0 Å². The zero-order chi connectivity index (χ0) is 15.5. The standard InChI is InChI=1S/C16H20ClN3O2/c17-13-3-1-2-11(8-13)14-10-18-6-7-20(14)16(22)12-4-5-15(21)19-9-12/h1-3,8,12,14,18H,4-7,9-10H2,(H,19,21). The molecule has 2 saturated heterocycles. The van der Waals surface area contributed by atoms with E-state index >= 15 is 0 Å². The average molecular weight is 322 g/mol. The monoisotopic (exact) mass is 321 g/mol. The lowest BCUT2D eigenvalue weighted by Crippen LogP contribution is -2.52. The molecule has 2 amide bonds. The Labute approximate surface area is 135 Å². The van der Waals surface area contributed by atoms with Crippen LogP contribution in [0, 0.1) is 5.92 Å². The van der Waals surface area contributed by atoms with Gasteiger partial charge in [0.15, 0.2) is 0 Å². The normalized spacial score (nSPS) is 25.7. The molecule has 0 aliphatic carbocycles. The van der Waals surface area contributed by atoms with Gasteiger partial charge in [-0.15, -0.1) is 0 Å². The van der Waals surface area contributed by atoms with Crippen molar-refractivity contribution >= 4 is 23.4 Å². The number of piperazine rings is 1. The summed E-state index contributed by atoms with van der Waals surface area (Å²) in [5, 5.41) is 6.81. The first kappa shape index (κ1) is 15.3. The molecule has 3 rings (SSSR count). The smallest absolute Gasteiger partial charge is 0.228 e. The first-order valence-electron chi connectivity index (χ1n) is 7.68. The van der Waals surface area contributed by atoms with Crippen molar-refractivity contribution in [2.45, 2.75) is 18.9 Å². The number of carbonyl (C=O) groups is 2. The molecule has 0 bridgehead atoms. The van der Waals surface area contributed by atoms with Gasteiger partial charge in [0.2, 0.25) is 11.8 Å². The zero-order valence-corrected chi connectivity index (χ0v) is 13.1. The number of hydrogen-bond donors (Lipinski definition) is 2. The summed E-state index contributed by atoms with van der Waals surface area (Å²) in [7, 11) is 0. The van der Waals surface area contributed by atoms with Gasteiger partial charge in [0.1, 0.15) is 0 Å². The molecule has 0 radical (unpaired) electrons. The van der Waals surface area contributed by atoms with E-state index in [1.165, 1.54) is 0 Å². The van der Waals surface area contributed by atoms with Crippen LogP contribution in [0.15, 0.2) is 24.3 Å². The van der Waals surface area contributed by atoms with E-state index < -0.39 is 0 Å². The molecular weight excluding hydrogens is 302 g/mol. The molecule has 0 aromatic heterocycles. The van der Waals surface area contributed by atoms with Gasteiger partial charge in [-0.05, 0) is 24.1 Å². The van der Waals surface area contributed by atoms with E-state index in [1.807, 2.05) is 29.2 Å². The largest absolute Gasteiger partial charge is 0.355 e. The Morgan fingerprint density at radius 1 is 1.32 bits per heavy atom. The van der Waals surface area contributed by atoms with Crippen molar-refractivity contribution in [2.75, 3.05) is 26.2 Å². The molecule has 2 N–H and O–H groups in total. The summed E-state index contributed by atoms with van der Waals surface area (Å²) in [5.74, 6) is 0.0553. The lowest BCUT2D eigenvalue weighted by Gasteiger charge is -2.39. The van der Waals surface area contributed by atoms with Gasteiger partial charge >= 0.3 is 0 Å². The third-order valence-corrected chi connectivity index (χ3v) is 4.61. The van der Waals surface area contributed by atoms with Gasteiger partial charge in [0, 0.05) is 37.6 Å². The fourth-order valence-electron chi connectivity index (χ4n) is 3.16. The molecule has 2 unspecified atom stereocenters. The Hall–Kier alpha value is -1.59. The van der Waals surface area contributed by atoms with Crippen molar-refractivity contribution in [2.24, 2.45) is 5.92 Å². The summed E-state index contributed by atoms with van der Waals surface area (Å²) in [5.41, 5.74) is 1.05. The maximum atomic E-state index is 12.8. The summed E-state index contributed by atoms with van der Waals surface area (Å²) in [4.78, 5) is 26.0. The maximum Gasteiger partial charge on any atom is 0.228 e. The van der Waals surface area contributed by atoms with Gasteiger partial charge in [-0.2, -0.15) is 0 Å². The highest BCUT2D eigenvalue weighted by Crippen LogP contribution is 2.27. The number of carbonyl (C=O) groups excluding carboxylic acids is 2. The number of piperidine rings is 1. The number of nitrogens with one attached hydrogen (secondary N) is 2. The number of nitrogens with zero attached hydrogens (tertiary/aromatic N) is 1. The van der Waals surface area contributed by atoms with Crippen molar-refractivity contribution in [3.05, 3.63) is 34.9 Å². The Morgan fingerprint density at radius 3 is 2.91 bits per heavy atom. The minimum absolute atomic E-state index is 0.00224. The second kappa shape index (κ2) is 6.67. The molecule has 2 heterocycles. The third-order valence-electron chi connectivity index (χ3n) is 4.37. The Bertz CT molecular complexity index is 568. The van der Waals surface area contributed by atoms with Crippen LogP contribution in [0.25, 0.3) is 0 Å². The highest BCUT2D eigenvalue weighted by Gasteiger charge is 2.34. The van der Waals surface area contributed by atoms with Crippen LogP contribution in [0.3, 0.4) is 0 Å². The SMILES string of the molecule is O=C1CCC(C(=O)N2CCNCC2c2cccc(Cl)c2)CN1. The van der Waals surface area contributed by atoms with Crippen LogP contribution in [-0.4, -0.2) is 42.9 Å². The van der Waals surface area contributed by atoms with Crippen LogP contribution in [0.5, 0.6) is 0 Å². The van der Waals surface area contributed by atoms with Crippen LogP contribution >= 0.6 is 11.6 Å². The third kappa shape index (κ3) is 3.25. The second-order valence-electron chi connectivity index (χ2n) is 5.85. The molecule has 118 valence electrons. The fourth-order valence-corrected chi connectivity index (χ4v) is 3.36. The Kier molecular flexibility index (Phi) is 4.64. The summed E-state index contributed by atoms with van der Waals surface area (Å²) < 4.78 is 0. The van der Waals surface area contributed by atoms with Crippen LogP contribution < -0.4 is 10.6 Å². The minimum Gasteiger partial charge on any atom is -0.355 e. The number of benzene rings is 1. The Balaban J connectivity index is 1.77. The summed E-state index contributed by atoms with van der Waals surface area (Å²) in [6.45, 7) is 2.65. The zero-order valence-electron chi connectivity index (χ0n) is 12.3. The molecule has 22 heavy (non-hydrogen) atoms. The lowest BCUT2D eigenvalue weighted by molar-refractivity contribution is -0.140. The quantitative estimate of drug-likeness (QED) is 0.864. The van der Waals surface area contributed by atoms with Gasteiger partial charge in [-0.1, -0.05) is 23.7 Å². The summed E-state index contributed by atoms with van der Waals surface area (Å²) in [6, 6.07) is 7.67. The van der Waals surface area contributed by atoms with Crippen LogP contribution in [0.2, 0.25) is 5.02 Å². The van der Waals surface area contributed by atoms with Gasteiger partial charge < -0.3 is 15.5 Å². The molecule has 2 aliphatic rings. The van der Waals surface area contributed by atoms with Crippen molar-refractivity contribution in [3.63, 3.8) is 0 Å². The number of rotatable bonds is 2. The minimum atomic E-state index is -0.113.